The van der Waals surface area contributed by atoms with Gasteiger partial charge in [0, 0.05) is 11.6 Å². The monoisotopic (exact) mass is 431 g/mol. The summed E-state index contributed by atoms with van der Waals surface area (Å²) in [6.45, 7) is 2.83. The highest BCUT2D eigenvalue weighted by Gasteiger charge is 2.19. The number of ether oxygens (including phenoxy) is 1. The summed E-state index contributed by atoms with van der Waals surface area (Å²) in [4.78, 5) is 12.6. The van der Waals surface area contributed by atoms with E-state index in [0.717, 1.165) is 17.7 Å². The third-order valence-corrected chi connectivity index (χ3v) is 3.64. The first kappa shape index (κ1) is 18.1. The summed E-state index contributed by atoms with van der Waals surface area (Å²) in [7, 11) is 0. The Balaban J connectivity index is 0.00000208. The average Bonchev–Trinajstić information content (AvgIpc) is 2.62. The van der Waals surface area contributed by atoms with Gasteiger partial charge in [-0.15, -0.1) is 0 Å². The van der Waals surface area contributed by atoms with E-state index in [0.29, 0.717) is 11.3 Å². The maximum atomic E-state index is 12.6. The number of rotatable bonds is 4. The molecule has 24 heavy (non-hydrogen) atoms. The fourth-order valence-electron chi connectivity index (χ4n) is 2.42. The quantitative estimate of drug-likeness (QED) is 0.266. The minimum Gasteiger partial charge on any atom is -1.00 e. The molecule has 0 radical (unpaired) electrons. The van der Waals surface area contributed by atoms with Crippen LogP contribution in [0.1, 0.15) is 17.3 Å². The fraction of sp³-hybridized carbons (Fsp3) is 0.100. The second-order valence-corrected chi connectivity index (χ2v) is 5.17. The molecule has 0 amide bonds. The molecule has 0 spiro atoms. The summed E-state index contributed by atoms with van der Waals surface area (Å²) in [6.07, 6.45) is 3.81. The molecule has 1 aromatic heterocycles. The van der Waals surface area contributed by atoms with E-state index in [2.05, 4.69) is 0 Å². The normalized spacial score (nSPS) is 9.88. The van der Waals surface area contributed by atoms with Crippen molar-refractivity contribution in [3.05, 3.63) is 84.7 Å². The average molecular weight is 431 g/mol. The number of hydrogen-bond donors (Lipinski definition) is 0. The first-order valence-corrected chi connectivity index (χ1v) is 7.63. The zero-order chi connectivity index (χ0) is 16.1. The number of nitrogens with zero attached hydrogens (tertiary/aromatic N) is 1. The summed E-state index contributed by atoms with van der Waals surface area (Å²) in [5.74, 6) is 0.196. The highest BCUT2D eigenvalue weighted by Crippen LogP contribution is 2.23. The molecule has 0 atom stereocenters. The summed E-state index contributed by atoms with van der Waals surface area (Å²) in [5.41, 5.74) is 2.43. The van der Waals surface area contributed by atoms with Crippen molar-refractivity contribution in [3.8, 4) is 16.9 Å². The fourth-order valence-corrected chi connectivity index (χ4v) is 2.42. The van der Waals surface area contributed by atoms with E-state index in [1.165, 1.54) is 0 Å². The van der Waals surface area contributed by atoms with E-state index in [1.54, 1.807) is 12.1 Å². The van der Waals surface area contributed by atoms with Crippen LogP contribution in [0.3, 0.4) is 0 Å². The maximum Gasteiger partial charge on any atom is 0.350 e. The van der Waals surface area contributed by atoms with Crippen molar-refractivity contribution in [3.63, 3.8) is 0 Å². The predicted molar refractivity (Wildman–Crippen MR) is 89.1 cm³/mol. The Hall–Kier alpha value is -2.21. The molecule has 2 aromatic carbocycles. The summed E-state index contributed by atoms with van der Waals surface area (Å²) in [5, 5.41) is 0. The van der Waals surface area contributed by atoms with Gasteiger partial charge in [-0.05, 0) is 24.6 Å². The van der Waals surface area contributed by atoms with Gasteiger partial charge in [0.15, 0.2) is 12.4 Å². The van der Waals surface area contributed by atoms with E-state index in [-0.39, 0.29) is 29.9 Å². The Morgan fingerprint density at radius 1 is 0.958 bits per heavy atom. The minimum absolute atomic E-state index is 0. The number of aryl methyl sites for hydroxylation is 1. The maximum absolute atomic E-state index is 12.6. The smallest absolute Gasteiger partial charge is 0.350 e. The van der Waals surface area contributed by atoms with Crippen LogP contribution < -0.4 is 33.3 Å². The van der Waals surface area contributed by atoms with Gasteiger partial charge in [0.2, 0.25) is 0 Å². The van der Waals surface area contributed by atoms with Crippen LogP contribution in [-0.2, 0) is 6.54 Å². The van der Waals surface area contributed by atoms with Crippen LogP contribution >= 0.6 is 0 Å². The molecule has 0 unspecified atom stereocenters. The van der Waals surface area contributed by atoms with E-state index in [1.807, 2.05) is 78.5 Å². The van der Waals surface area contributed by atoms with Crippen molar-refractivity contribution >= 4 is 5.97 Å². The number of aromatic nitrogens is 1. The molecule has 1 heterocycles. The highest BCUT2D eigenvalue weighted by molar-refractivity contribution is 5.97. The Kier molecular flexibility index (Phi) is 6.49. The van der Waals surface area contributed by atoms with E-state index >= 15 is 0 Å². The van der Waals surface area contributed by atoms with E-state index in [9.17, 15) is 4.79 Å². The van der Waals surface area contributed by atoms with Gasteiger partial charge in [-0.1, -0.05) is 48.5 Å². The Morgan fingerprint density at radius 2 is 1.58 bits per heavy atom. The molecule has 0 bridgehead atoms. The summed E-state index contributed by atoms with van der Waals surface area (Å²) >= 11 is 0. The van der Waals surface area contributed by atoms with Crippen LogP contribution in [0.2, 0.25) is 0 Å². The van der Waals surface area contributed by atoms with Gasteiger partial charge in [0.25, 0.3) is 0 Å². The van der Waals surface area contributed by atoms with Crippen LogP contribution in [0.5, 0.6) is 5.75 Å². The Bertz CT molecular complexity index is 804. The third-order valence-electron chi connectivity index (χ3n) is 3.64. The number of hydrogen-bond acceptors (Lipinski definition) is 2. The molecule has 3 aromatic rings. The zero-order valence-corrected chi connectivity index (χ0v) is 15.5. The van der Waals surface area contributed by atoms with Crippen molar-refractivity contribution in [1.82, 2.24) is 0 Å². The van der Waals surface area contributed by atoms with Crippen LogP contribution in [0, 0.1) is 0 Å². The molecule has 3 nitrogen and oxygen atoms in total. The van der Waals surface area contributed by atoms with Gasteiger partial charge in [-0.25, -0.2) is 9.36 Å². The largest absolute Gasteiger partial charge is 1.00 e. The predicted octanol–water partition coefficient (Wildman–Crippen LogP) is 0.884. The lowest BCUT2D eigenvalue weighted by atomic mass is 10.0. The summed E-state index contributed by atoms with van der Waals surface area (Å²) < 4.78 is 7.48. The number of para-hydroxylation sites is 1. The molecule has 3 rings (SSSR count). The van der Waals surface area contributed by atoms with E-state index < -0.39 is 0 Å². The van der Waals surface area contributed by atoms with Gasteiger partial charge in [0.05, 0.1) is 0 Å². The molecule has 0 fully saturated rings. The van der Waals surface area contributed by atoms with Gasteiger partial charge in [-0.3, -0.25) is 0 Å². The van der Waals surface area contributed by atoms with Gasteiger partial charge in [-0.2, -0.15) is 0 Å². The number of carbonyl (C=O) groups is 1. The highest BCUT2D eigenvalue weighted by atomic mass is 127. The van der Waals surface area contributed by atoms with E-state index in [4.69, 9.17) is 4.74 Å². The second kappa shape index (κ2) is 8.59. The molecule has 0 N–H and O–H groups in total. The lowest BCUT2D eigenvalue weighted by molar-refractivity contribution is -0.693. The molecule has 0 aliphatic carbocycles. The van der Waals surface area contributed by atoms with Crippen LogP contribution in [0.15, 0.2) is 79.1 Å². The number of pyridine rings is 1. The first-order chi connectivity index (χ1) is 11.3. The van der Waals surface area contributed by atoms with Crippen LogP contribution in [0.25, 0.3) is 11.1 Å². The molecular formula is C20H18INO2. The number of carbonyl (C=O) groups excluding carboxylic acids is 1. The number of esters is 1. The molecule has 0 saturated heterocycles. The zero-order valence-electron chi connectivity index (χ0n) is 13.4. The minimum atomic E-state index is -0.349. The number of benzene rings is 2. The third kappa shape index (κ3) is 4.20. The topological polar surface area (TPSA) is 30.2 Å². The van der Waals surface area contributed by atoms with Gasteiger partial charge < -0.3 is 28.7 Å². The van der Waals surface area contributed by atoms with Crippen molar-refractivity contribution < 1.29 is 38.1 Å². The Labute approximate surface area is 158 Å². The van der Waals surface area contributed by atoms with Crippen LogP contribution in [0.4, 0.5) is 0 Å². The number of halogens is 1. The lowest BCUT2D eigenvalue weighted by Crippen LogP contribution is -3.00. The molecule has 0 aliphatic heterocycles. The van der Waals surface area contributed by atoms with Gasteiger partial charge in [0.1, 0.15) is 17.9 Å². The SMILES string of the molecule is CC[n+]1ccc(-c2ccccc2)c(C(=O)Oc2ccccc2)c1.[I-]. The van der Waals surface area contributed by atoms with Crippen molar-refractivity contribution in [2.75, 3.05) is 0 Å². The Morgan fingerprint density at radius 3 is 2.21 bits per heavy atom. The molecule has 0 aliphatic rings. The van der Waals surface area contributed by atoms with Crippen molar-refractivity contribution in [2.24, 2.45) is 0 Å². The van der Waals surface area contributed by atoms with Crippen molar-refractivity contribution in [1.29, 1.82) is 0 Å². The molecule has 4 heteroatoms. The standard InChI is InChI=1S/C20H18NO2.HI/c1-2-21-14-13-18(16-9-5-3-6-10-16)19(15-21)20(22)23-17-11-7-4-8-12-17;/h3-15H,2H2,1H3;1H/q+1;/p-1. The van der Waals surface area contributed by atoms with Crippen molar-refractivity contribution in [2.45, 2.75) is 13.5 Å². The lowest BCUT2D eigenvalue weighted by Gasteiger charge is -2.08. The second-order valence-electron chi connectivity index (χ2n) is 5.17. The molecular weight excluding hydrogens is 413 g/mol. The van der Waals surface area contributed by atoms with Crippen LogP contribution in [-0.4, -0.2) is 5.97 Å². The summed E-state index contributed by atoms with van der Waals surface area (Å²) in [6, 6.07) is 21.0. The molecule has 0 saturated carbocycles. The molecule has 122 valence electrons. The van der Waals surface area contributed by atoms with Gasteiger partial charge >= 0.3 is 5.97 Å². The first-order valence-electron chi connectivity index (χ1n) is 7.63.